The Kier molecular flexibility index (Phi) is 6.19. The van der Waals surface area contributed by atoms with Gasteiger partial charge in [0.2, 0.25) is 15.9 Å². The van der Waals surface area contributed by atoms with E-state index in [0.29, 0.717) is 25.1 Å². The molecule has 0 saturated heterocycles. The predicted octanol–water partition coefficient (Wildman–Crippen LogP) is -0.582. The first-order chi connectivity index (χ1) is 12.2. The molecule has 2 rings (SSSR count). The minimum Gasteiger partial charge on any atom is -0.452 e. The van der Waals surface area contributed by atoms with Crippen LogP contribution in [0.2, 0.25) is 0 Å². The van der Waals surface area contributed by atoms with Crippen LogP contribution < -0.4 is 14.9 Å². The Morgan fingerprint density at radius 3 is 2.62 bits per heavy atom. The Morgan fingerprint density at radius 2 is 1.96 bits per heavy atom. The summed E-state index contributed by atoms with van der Waals surface area (Å²) in [6.45, 7) is -0.309. The van der Waals surface area contributed by atoms with Crippen molar-refractivity contribution in [3.05, 3.63) is 29.3 Å². The van der Waals surface area contributed by atoms with E-state index >= 15 is 0 Å². The quantitative estimate of drug-likeness (QED) is 0.634. The highest BCUT2D eigenvalue weighted by Crippen LogP contribution is 2.30. The van der Waals surface area contributed by atoms with Crippen LogP contribution in [0.15, 0.2) is 18.2 Å². The van der Waals surface area contributed by atoms with Crippen molar-refractivity contribution < 1.29 is 27.5 Å². The van der Waals surface area contributed by atoms with E-state index in [0.717, 1.165) is 11.8 Å². The predicted molar refractivity (Wildman–Crippen MR) is 94.3 cm³/mol. The van der Waals surface area contributed by atoms with Crippen LogP contribution >= 0.6 is 0 Å². The molecule has 0 saturated carbocycles. The highest BCUT2D eigenvalue weighted by atomic mass is 32.2. The fraction of sp³-hybridized carbons (Fsp3) is 0.438. The zero-order valence-corrected chi connectivity index (χ0v) is 15.4. The van der Waals surface area contributed by atoms with Crippen LogP contribution in [0.3, 0.4) is 0 Å². The molecule has 0 atom stereocenters. The van der Waals surface area contributed by atoms with Gasteiger partial charge < -0.3 is 15.4 Å². The highest BCUT2D eigenvalue weighted by molar-refractivity contribution is 7.92. The van der Waals surface area contributed by atoms with E-state index in [9.17, 15) is 22.8 Å². The minimum absolute atomic E-state index is 0.201. The molecule has 0 aromatic heterocycles. The van der Waals surface area contributed by atoms with Crippen LogP contribution in [0.5, 0.6) is 0 Å². The Hall–Kier alpha value is -2.62. The van der Waals surface area contributed by atoms with Crippen molar-refractivity contribution in [2.75, 3.05) is 37.3 Å². The van der Waals surface area contributed by atoms with E-state index < -0.39 is 28.5 Å². The number of ether oxygens (including phenoxy) is 1. The first kappa shape index (κ1) is 19.7. The van der Waals surface area contributed by atoms with E-state index in [1.54, 1.807) is 12.1 Å². The summed E-state index contributed by atoms with van der Waals surface area (Å²) < 4.78 is 29.9. The molecule has 0 spiro atoms. The van der Waals surface area contributed by atoms with Crippen LogP contribution in [0.4, 0.5) is 5.69 Å². The smallest absolute Gasteiger partial charge is 0.338 e. The summed E-state index contributed by atoms with van der Waals surface area (Å²) >= 11 is 0. The molecular weight excluding hydrogens is 362 g/mol. The maximum absolute atomic E-state index is 12.1. The van der Waals surface area contributed by atoms with Crippen LogP contribution in [-0.4, -0.2) is 59.2 Å². The van der Waals surface area contributed by atoms with Gasteiger partial charge in [-0.3, -0.25) is 13.9 Å². The standard InChI is InChI=1S/C16H21N3O6S/c1-17-14(20)9-18-15(21)10-25-16(22)12-5-6-13-11(8-12)4-3-7-19(13)26(2,23)24/h5-6,8H,3-4,7,9-10H2,1-2H3,(H,17,20)(H,18,21). The first-order valence-corrected chi connectivity index (χ1v) is 9.82. The van der Waals surface area contributed by atoms with E-state index in [4.69, 9.17) is 4.74 Å². The second-order valence-electron chi connectivity index (χ2n) is 5.81. The lowest BCUT2D eigenvalue weighted by Crippen LogP contribution is -2.37. The molecule has 0 bridgehead atoms. The fourth-order valence-corrected chi connectivity index (χ4v) is 3.56. The summed E-state index contributed by atoms with van der Waals surface area (Å²) in [6.07, 6.45) is 2.44. The summed E-state index contributed by atoms with van der Waals surface area (Å²) in [5, 5.41) is 4.66. The van der Waals surface area contributed by atoms with Crippen molar-refractivity contribution >= 4 is 33.5 Å². The van der Waals surface area contributed by atoms with Crippen molar-refractivity contribution in [2.24, 2.45) is 0 Å². The topological polar surface area (TPSA) is 122 Å². The molecule has 0 unspecified atom stereocenters. The number of fused-ring (bicyclic) bond motifs is 1. The molecule has 2 N–H and O–H groups in total. The SMILES string of the molecule is CNC(=O)CNC(=O)COC(=O)c1ccc2c(c1)CCCN2S(C)(=O)=O. The molecule has 0 fully saturated rings. The molecule has 26 heavy (non-hydrogen) atoms. The summed E-state index contributed by atoms with van der Waals surface area (Å²) in [5.41, 5.74) is 1.53. The third-order valence-electron chi connectivity index (χ3n) is 3.85. The van der Waals surface area contributed by atoms with Crippen molar-refractivity contribution in [2.45, 2.75) is 12.8 Å². The number of anilines is 1. The Morgan fingerprint density at radius 1 is 1.23 bits per heavy atom. The number of likely N-dealkylation sites (N-methyl/N-ethyl adjacent to an activating group) is 1. The molecule has 1 heterocycles. The lowest BCUT2D eigenvalue weighted by Gasteiger charge is -2.29. The number of hydrogen-bond donors (Lipinski definition) is 2. The average molecular weight is 383 g/mol. The number of esters is 1. The molecule has 0 aliphatic carbocycles. The summed E-state index contributed by atoms with van der Waals surface area (Å²) in [5.74, 6) is -1.66. The molecule has 1 aliphatic rings. The van der Waals surface area contributed by atoms with E-state index in [-0.39, 0.29) is 18.0 Å². The third kappa shape index (κ3) is 4.94. The number of carbonyl (C=O) groups is 3. The number of nitrogens with one attached hydrogen (secondary N) is 2. The van der Waals surface area contributed by atoms with E-state index in [2.05, 4.69) is 10.6 Å². The van der Waals surface area contributed by atoms with Crippen LogP contribution in [0.25, 0.3) is 0 Å². The molecule has 142 valence electrons. The van der Waals surface area contributed by atoms with E-state index in [1.807, 2.05) is 0 Å². The molecule has 9 nitrogen and oxygen atoms in total. The van der Waals surface area contributed by atoms with Crippen molar-refractivity contribution in [3.63, 3.8) is 0 Å². The largest absolute Gasteiger partial charge is 0.452 e. The van der Waals surface area contributed by atoms with Gasteiger partial charge in [-0.25, -0.2) is 13.2 Å². The van der Waals surface area contributed by atoms with Gasteiger partial charge in [0, 0.05) is 13.6 Å². The lowest BCUT2D eigenvalue weighted by atomic mass is 10.0. The maximum atomic E-state index is 12.1. The number of rotatable bonds is 6. The van der Waals surface area contributed by atoms with Crippen LogP contribution in [0.1, 0.15) is 22.3 Å². The maximum Gasteiger partial charge on any atom is 0.338 e. The Balaban J connectivity index is 2.00. The van der Waals surface area contributed by atoms with Crippen molar-refractivity contribution in [1.29, 1.82) is 0 Å². The second-order valence-corrected chi connectivity index (χ2v) is 7.72. The molecule has 1 aromatic rings. The molecule has 0 radical (unpaired) electrons. The highest BCUT2D eigenvalue weighted by Gasteiger charge is 2.25. The average Bonchev–Trinajstić information content (AvgIpc) is 2.62. The number of nitrogens with zero attached hydrogens (tertiary/aromatic N) is 1. The Labute approximate surface area is 151 Å². The lowest BCUT2D eigenvalue weighted by molar-refractivity contribution is -0.127. The van der Waals surface area contributed by atoms with Gasteiger partial charge in [-0.15, -0.1) is 0 Å². The number of sulfonamides is 1. The second kappa shape index (κ2) is 8.17. The monoisotopic (exact) mass is 383 g/mol. The van der Waals surface area contributed by atoms with Crippen molar-refractivity contribution in [1.82, 2.24) is 10.6 Å². The fourth-order valence-electron chi connectivity index (χ4n) is 2.57. The van der Waals surface area contributed by atoms with Crippen LogP contribution in [0, 0.1) is 0 Å². The third-order valence-corrected chi connectivity index (χ3v) is 5.03. The molecule has 10 heteroatoms. The van der Waals surface area contributed by atoms with Gasteiger partial charge in [0.25, 0.3) is 5.91 Å². The normalized spacial score (nSPS) is 13.5. The molecule has 1 aliphatic heterocycles. The van der Waals surface area contributed by atoms with Gasteiger partial charge in [-0.1, -0.05) is 0 Å². The molecule has 2 amide bonds. The first-order valence-electron chi connectivity index (χ1n) is 7.97. The van der Waals surface area contributed by atoms with Gasteiger partial charge in [0.05, 0.1) is 24.1 Å². The molecule has 1 aromatic carbocycles. The van der Waals surface area contributed by atoms with Gasteiger partial charge in [0.1, 0.15) is 0 Å². The summed E-state index contributed by atoms with van der Waals surface area (Å²) in [4.78, 5) is 34.7. The van der Waals surface area contributed by atoms with Crippen LogP contribution in [-0.2, 0) is 30.8 Å². The van der Waals surface area contributed by atoms with Gasteiger partial charge >= 0.3 is 5.97 Å². The van der Waals surface area contributed by atoms with E-state index in [1.165, 1.54) is 17.4 Å². The summed E-state index contributed by atoms with van der Waals surface area (Å²) in [6, 6.07) is 4.61. The zero-order chi connectivity index (χ0) is 19.3. The molecular formula is C16H21N3O6S. The summed E-state index contributed by atoms with van der Waals surface area (Å²) in [7, 11) is -1.94. The Bertz CT molecular complexity index is 821. The van der Waals surface area contributed by atoms with Crippen molar-refractivity contribution in [3.8, 4) is 0 Å². The van der Waals surface area contributed by atoms with Gasteiger partial charge in [-0.05, 0) is 36.6 Å². The minimum atomic E-state index is -3.38. The number of hydrogen-bond acceptors (Lipinski definition) is 6. The number of carbonyl (C=O) groups excluding carboxylic acids is 3. The number of amides is 2. The number of aryl methyl sites for hydroxylation is 1. The van der Waals surface area contributed by atoms with Gasteiger partial charge in [-0.2, -0.15) is 0 Å². The van der Waals surface area contributed by atoms with Gasteiger partial charge in [0.15, 0.2) is 6.61 Å². The number of benzene rings is 1. The zero-order valence-electron chi connectivity index (χ0n) is 14.6.